The van der Waals surface area contributed by atoms with Crippen molar-refractivity contribution in [3.63, 3.8) is 0 Å². The third-order valence-corrected chi connectivity index (χ3v) is 7.91. The minimum Gasteiger partial charge on any atom is -0.478 e. The molecule has 2 aliphatic rings. The average molecular weight is 492 g/mol. The van der Waals surface area contributed by atoms with Gasteiger partial charge < -0.3 is 20.1 Å². The summed E-state index contributed by atoms with van der Waals surface area (Å²) in [5, 5.41) is 12.5. The fourth-order valence-electron chi connectivity index (χ4n) is 4.79. The number of aromatic carboxylic acids is 1. The Balaban J connectivity index is 1.21. The van der Waals surface area contributed by atoms with Gasteiger partial charge in [-0.1, -0.05) is 48.5 Å². The van der Waals surface area contributed by atoms with Crippen LogP contribution in [0, 0.1) is 12.3 Å². The molecule has 9 heteroatoms. The van der Waals surface area contributed by atoms with Crippen molar-refractivity contribution in [2.24, 2.45) is 5.41 Å². The summed E-state index contributed by atoms with van der Waals surface area (Å²) in [6, 6.07) is 16.2. The molecule has 180 valence electrons. The lowest BCUT2D eigenvalue weighted by Gasteiger charge is -2.23. The van der Waals surface area contributed by atoms with E-state index >= 15 is 0 Å². The topological polar surface area (TPSA) is 109 Å². The molecule has 1 aromatic heterocycles. The maximum Gasteiger partial charge on any atom is 0.407 e. The highest BCUT2D eigenvalue weighted by atomic mass is 32.1. The summed E-state index contributed by atoms with van der Waals surface area (Å²) in [4.78, 5) is 38.7. The van der Waals surface area contributed by atoms with Crippen molar-refractivity contribution < 1.29 is 24.2 Å². The third-order valence-electron chi connectivity index (χ3n) is 6.89. The number of hydrogen-bond acceptors (Lipinski definition) is 6. The Bertz CT molecular complexity index is 1280. The fourth-order valence-corrected chi connectivity index (χ4v) is 5.64. The largest absolute Gasteiger partial charge is 0.478 e. The lowest BCUT2D eigenvalue weighted by atomic mass is 9.98. The van der Waals surface area contributed by atoms with E-state index in [1.807, 2.05) is 24.3 Å². The minimum absolute atomic E-state index is 0.0335. The summed E-state index contributed by atoms with van der Waals surface area (Å²) >= 11 is 0.982. The van der Waals surface area contributed by atoms with E-state index in [2.05, 4.69) is 34.0 Å². The fraction of sp³-hybridized carbons (Fsp3) is 0.308. The first-order valence-corrected chi connectivity index (χ1v) is 12.2. The molecule has 0 atom stereocenters. The van der Waals surface area contributed by atoms with Gasteiger partial charge in [0.05, 0.1) is 11.1 Å². The summed E-state index contributed by atoms with van der Waals surface area (Å²) < 4.78 is 9.67. The number of aryl methyl sites for hydroxylation is 1. The molecule has 0 radical (unpaired) electrons. The molecule has 0 saturated heterocycles. The lowest BCUT2D eigenvalue weighted by molar-refractivity contribution is -0.123. The van der Waals surface area contributed by atoms with Gasteiger partial charge in [0.15, 0.2) is 0 Å². The normalized spacial score (nSPS) is 15.1. The molecule has 2 aliphatic carbocycles. The van der Waals surface area contributed by atoms with Gasteiger partial charge in [-0.2, -0.15) is 4.37 Å². The van der Waals surface area contributed by atoms with Crippen LogP contribution < -0.4 is 10.2 Å². The second-order valence-electron chi connectivity index (χ2n) is 9.08. The molecule has 1 heterocycles. The van der Waals surface area contributed by atoms with Crippen LogP contribution in [0.5, 0.6) is 0 Å². The second kappa shape index (κ2) is 8.81. The van der Waals surface area contributed by atoms with Gasteiger partial charge in [0.2, 0.25) is 5.91 Å². The summed E-state index contributed by atoms with van der Waals surface area (Å²) in [6.07, 6.45) is 0.647. The zero-order valence-corrected chi connectivity index (χ0v) is 20.2. The number of nitrogens with one attached hydrogen (secondary N) is 1. The predicted molar refractivity (Wildman–Crippen MR) is 132 cm³/mol. The number of nitrogens with zero attached hydrogens (tertiary/aromatic N) is 2. The summed E-state index contributed by atoms with van der Waals surface area (Å²) in [5.74, 6) is -1.39. The molecule has 0 spiro atoms. The number of carboxylic acids is 1. The van der Waals surface area contributed by atoms with E-state index in [9.17, 15) is 19.5 Å². The Hall–Kier alpha value is -3.72. The number of ether oxygens (including phenoxy) is 1. The number of aromatic nitrogens is 1. The number of carbonyl (C=O) groups is 3. The quantitative estimate of drug-likeness (QED) is 0.506. The molecule has 0 unspecified atom stereocenters. The maximum absolute atomic E-state index is 13.2. The number of amides is 2. The van der Waals surface area contributed by atoms with E-state index < -0.39 is 17.5 Å². The van der Waals surface area contributed by atoms with Crippen molar-refractivity contribution in [3.05, 3.63) is 70.9 Å². The van der Waals surface area contributed by atoms with Crippen LogP contribution in [-0.4, -0.2) is 47.6 Å². The van der Waals surface area contributed by atoms with E-state index in [0.29, 0.717) is 23.5 Å². The second-order valence-corrected chi connectivity index (χ2v) is 9.83. The Morgan fingerprint density at radius 2 is 1.71 bits per heavy atom. The monoisotopic (exact) mass is 491 g/mol. The van der Waals surface area contributed by atoms with Crippen molar-refractivity contribution in [3.8, 4) is 11.1 Å². The van der Waals surface area contributed by atoms with Gasteiger partial charge in [-0.25, -0.2) is 9.59 Å². The zero-order chi connectivity index (χ0) is 24.7. The molecule has 5 rings (SSSR count). The maximum atomic E-state index is 13.2. The van der Waals surface area contributed by atoms with E-state index in [4.69, 9.17) is 4.74 Å². The number of rotatable bonds is 7. The lowest BCUT2D eigenvalue weighted by Crippen LogP contribution is -2.42. The smallest absolute Gasteiger partial charge is 0.407 e. The SMILES string of the molecule is Cc1nsc(N(C)C(=O)C2(CNC(=O)OCC3c4ccccc4-c4ccccc43)CC2)c1C(=O)O. The van der Waals surface area contributed by atoms with Crippen LogP contribution in [0.25, 0.3) is 11.1 Å². The first-order chi connectivity index (χ1) is 16.8. The van der Waals surface area contributed by atoms with Gasteiger partial charge in [-0.3, -0.25) is 4.79 Å². The van der Waals surface area contributed by atoms with Gasteiger partial charge in [0, 0.05) is 19.5 Å². The van der Waals surface area contributed by atoms with Crippen molar-refractivity contribution in [1.29, 1.82) is 0 Å². The van der Waals surface area contributed by atoms with Crippen LogP contribution in [0.1, 0.15) is 45.9 Å². The van der Waals surface area contributed by atoms with Crippen LogP contribution in [0.3, 0.4) is 0 Å². The number of anilines is 1. The predicted octanol–water partition coefficient (Wildman–Crippen LogP) is 4.43. The van der Waals surface area contributed by atoms with Gasteiger partial charge in [-0.15, -0.1) is 0 Å². The van der Waals surface area contributed by atoms with Crippen molar-refractivity contribution in [2.45, 2.75) is 25.7 Å². The first kappa shape index (κ1) is 23.0. The Labute approximate surface area is 206 Å². The molecule has 35 heavy (non-hydrogen) atoms. The standard InChI is InChI=1S/C26H25N3O5S/c1-15-21(23(30)31)22(35-28-15)29(2)24(32)26(11-12-26)14-27-25(33)34-13-20-18-9-5-3-7-16(18)17-8-4-6-10-19(17)20/h3-10,20H,11-14H2,1-2H3,(H,27,33)(H,30,31). The molecular weight excluding hydrogens is 466 g/mol. The van der Waals surface area contributed by atoms with Crippen LogP contribution >= 0.6 is 11.5 Å². The van der Waals surface area contributed by atoms with E-state index in [-0.39, 0.29) is 30.5 Å². The molecule has 2 N–H and O–H groups in total. The molecule has 1 saturated carbocycles. The Morgan fingerprint density at radius 1 is 1.11 bits per heavy atom. The van der Waals surface area contributed by atoms with Gasteiger partial charge in [0.25, 0.3) is 0 Å². The average Bonchev–Trinajstić information content (AvgIpc) is 3.45. The molecule has 0 aliphatic heterocycles. The molecule has 2 amide bonds. The van der Waals surface area contributed by atoms with Gasteiger partial charge in [0.1, 0.15) is 17.2 Å². The molecule has 0 bridgehead atoms. The highest BCUT2D eigenvalue weighted by Crippen LogP contribution is 2.48. The number of alkyl carbamates (subject to hydrolysis) is 1. The zero-order valence-electron chi connectivity index (χ0n) is 19.4. The number of carboxylic acid groups (broad SMARTS) is 1. The summed E-state index contributed by atoms with van der Waals surface area (Å²) in [5.41, 5.74) is 4.22. The number of carbonyl (C=O) groups excluding carboxylic acids is 2. The molecular formula is C26H25N3O5S. The third kappa shape index (κ3) is 4.05. The Kier molecular flexibility index (Phi) is 5.80. The van der Waals surface area contributed by atoms with Gasteiger partial charge >= 0.3 is 12.1 Å². The van der Waals surface area contributed by atoms with Crippen LogP contribution in [-0.2, 0) is 9.53 Å². The van der Waals surface area contributed by atoms with Crippen molar-refractivity contribution in [1.82, 2.24) is 9.69 Å². The molecule has 1 fully saturated rings. The van der Waals surface area contributed by atoms with Gasteiger partial charge in [-0.05, 0) is 53.6 Å². The number of hydrogen-bond donors (Lipinski definition) is 2. The molecule has 2 aromatic carbocycles. The summed E-state index contributed by atoms with van der Waals surface area (Å²) in [7, 11) is 1.55. The molecule has 8 nitrogen and oxygen atoms in total. The number of benzene rings is 2. The van der Waals surface area contributed by atoms with E-state index in [1.54, 1.807) is 14.0 Å². The van der Waals surface area contributed by atoms with Crippen LogP contribution in [0.4, 0.5) is 9.80 Å². The van der Waals surface area contributed by atoms with Crippen LogP contribution in [0.15, 0.2) is 48.5 Å². The van der Waals surface area contributed by atoms with E-state index in [1.165, 1.54) is 4.90 Å². The highest BCUT2D eigenvalue weighted by Gasteiger charge is 2.52. The van der Waals surface area contributed by atoms with Crippen molar-refractivity contribution >= 4 is 34.5 Å². The molecule has 3 aromatic rings. The number of fused-ring (bicyclic) bond motifs is 3. The first-order valence-electron chi connectivity index (χ1n) is 11.4. The van der Waals surface area contributed by atoms with Crippen molar-refractivity contribution in [2.75, 3.05) is 25.1 Å². The Morgan fingerprint density at radius 3 is 2.29 bits per heavy atom. The summed E-state index contributed by atoms with van der Waals surface area (Å²) in [6.45, 7) is 1.93. The van der Waals surface area contributed by atoms with E-state index in [0.717, 1.165) is 33.8 Å². The highest BCUT2D eigenvalue weighted by molar-refractivity contribution is 7.11. The van der Waals surface area contributed by atoms with Crippen LogP contribution in [0.2, 0.25) is 0 Å². The minimum atomic E-state index is -1.12.